The Morgan fingerprint density at radius 3 is 2.37 bits per heavy atom. The Bertz CT molecular complexity index is 1280. The number of hydrogen-bond acceptors (Lipinski definition) is 5. The smallest absolute Gasteiger partial charge is 0.261 e. The van der Waals surface area contributed by atoms with Gasteiger partial charge in [0.05, 0.1) is 4.90 Å². The third kappa shape index (κ3) is 6.91. The Hall–Kier alpha value is -3.20. The highest BCUT2D eigenvalue weighted by atomic mass is 32.2. The number of benzene rings is 3. The molecule has 1 amide bonds. The van der Waals surface area contributed by atoms with E-state index >= 15 is 0 Å². The molecule has 1 heterocycles. The average Bonchev–Trinajstić information content (AvgIpc) is 2.84. The largest absolute Gasteiger partial charge is 0.348 e. The summed E-state index contributed by atoms with van der Waals surface area (Å²) in [6.07, 6.45) is 0. The monoisotopic (exact) mass is 492 g/mol. The van der Waals surface area contributed by atoms with Crippen molar-refractivity contribution in [1.82, 2.24) is 15.1 Å². The van der Waals surface area contributed by atoms with Crippen LogP contribution >= 0.6 is 0 Å². The van der Waals surface area contributed by atoms with Gasteiger partial charge in [0, 0.05) is 50.5 Å². The first-order valence-corrected chi connectivity index (χ1v) is 13.2. The normalized spacial score (nSPS) is 15.0. The summed E-state index contributed by atoms with van der Waals surface area (Å²) in [7, 11) is -1.67. The Balaban J connectivity index is 1.38. The highest BCUT2D eigenvalue weighted by molar-refractivity contribution is 7.92. The van der Waals surface area contributed by atoms with Gasteiger partial charge in [-0.25, -0.2) is 8.42 Å². The maximum Gasteiger partial charge on any atom is 0.261 e. The Morgan fingerprint density at radius 2 is 1.60 bits per heavy atom. The highest BCUT2D eigenvalue weighted by Crippen LogP contribution is 2.18. The summed E-state index contributed by atoms with van der Waals surface area (Å²) in [5.74, 6) is -0.318. The third-order valence-electron chi connectivity index (χ3n) is 6.12. The molecule has 8 heteroatoms. The van der Waals surface area contributed by atoms with Gasteiger partial charge in [-0.2, -0.15) is 0 Å². The van der Waals surface area contributed by atoms with Crippen molar-refractivity contribution < 1.29 is 13.2 Å². The minimum Gasteiger partial charge on any atom is -0.348 e. The van der Waals surface area contributed by atoms with E-state index in [9.17, 15) is 13.2 Å². The van der Waals surface area contributed by atoms with Crippen molar-refractivity contribution in [2.75, 3.05) is 37.9 Å². The predicted molar refractivity (Wildman–Crippen MR) is 139 cm³/mol. The molecule has 0 unspecified atom stereocenters. The maximum atomic E-state index is 12.8. The lowest BCUT2D eigenvalue weighted by Crippen LogP contribution is -2.43. The van der Waals surface area contributed by atoms with Crippen LogP contribution in [-0.2, 0) is 23.1 Å². The summed E-state index contributed by atoms with van der Waals surface area (Å²) >= 11 is 0. The molecule has 1 aliphatic rings. The van der Waals surface area contributed by atoms with E-state index in [2.05, 4.69) is 39.0 Å². The number of piperazine rings is 1. The van der Waals surface area contributed by atoms with Crippen molar-refractivity contribution in [3.8, 4) is 0 Å². The topological polar surface area (TPSA) is 81.7 Å². The number of likely N-dealkylation sites (N-methyl/N-ethyl adjacent to an activating group) is 1. The van der Waals surface area contributed by atoms with E-state index in [1.54, 1.807) is 30.3 Å². The van der Waals surface area contributed by atoms with E-state index < -0.39 is 10.0 Å². The van der Waals surface area contributed by atoms with Crippen LogP contribution in [0.15, 0.2) is 77.7 Å². The summed E-state index contributed by atoms with van der Waals surface area (Å²) < 4.78 is 28.2. The first kappa shape index (κ1) is 24.9. The van der Waals surface area contributed by atoms with Crippen LogP contribution in [0.3, 0.4) is 0 Å². The van der Waals surface area contributed by atoms with Crippen molar-refractivity contribution in [2.24, 2.45) is 0 Å². The van der Waals surface area contributed by atoms with Crippen LogP contribution in [0.4, 0.5) is 5.69 Å². The molecule has 7 nitrogen and oxygen atoms in total. The lowest BCUT2D eigenvalue weighted by molar-refractivity contribution is 0.0950. The molecule has 35 heavy (non-hydrogen) atoms. The second-order valence-corrected chi connectivity index (χ2v) is 10.8. The summed E-state index contributed by atoms with van der Waals surface area (Å²) in [5, 5.41) is 2.91. The molecule has 0 aromatic heterocycles. The second kappa shape index (κ2) is 11.0. The molecule has 1 saturated heterocycles. The molecule has 0 atom stereocenters. The number of rotatable bonds is 8. The Labute approximate surface area is 207 Å². The van der Waals surface area contributed by atoms with Crippen LogP contribution in [0.25, 0.3) is 0 Å². The van der Waals surface area contributed by atoms with E-state index in [1.165, 1.54) is 17.7 Å². The number of nitrogens with one attached hydrogen (secondary N) is 2. The van der Waals surface area contributed by atoms with Crippen LogP contribution in [0.2, 0.25) is 0 Å². The lowest BCUT2D eigenvalue weighted by atomic mass is 10.1. The quantitative estimate of drug-likeness (QED) is 0.503. The van der Waals surface area contributed by atoms with Gasteiger partial charge >= 0.3 is 0 Å². The van der Waals surface area contributed by atoms with Crippen molar-refractivity contribution in [2.45, 2.75) is 24.9 Å². The minimum absolute atomic E-state index is 0.0424. The van der Waals surface area contributed by atoms with Crippen LogP contribution in [-0.4, -0.2) is 57.4 Å². The molecule has 184 valence electrons. The molecule has 0 bridgehead atoms. The summed E-state index contributed by atoms with van der Waals surface area (Å²) in [4.78, 5) is 17.6. The molecule has 0 spiro atoms. The fraction of sp³-hybridized carbons (Fsp3) is 0.296. The van der Waals surface area contributed by atoms with E-state index in [4.69, 9.17) is 0 Å². The lowest BCUT2D eigenvalue weighted by Gasteiger charge is -2.32. The summed E-state index contributed by atoms with van der Waals surface area (Å²) in [5.41, 5.74) is 3.96. The first-order chi connectivity index (χ1) is 16.8. The van der Waals surface area contributed by atoms with Crippen molar-refractivity contribution in [3.05, 3.63) is 95.1 Å². The van der Waals surface area contributed by atoms with Gasteiger partial charge in [0.2, 0.25) is 0 Å². The fourth-order valence-corrected chi connectivity index (χ4v) is 5.21. The van der Waals surface area contributed by atoms with Gasteiger partial charge in [0.25, 0.3) is 15.9 Å². The van der Waals surface area contributed by atoms with E-state index in [-0.39, 0.29) is 10.8 Å². The van der Waals surface area contributed by atoms with Gasteiger partial charge in [-0.15, -0.1) is 0 Å². The number of carbonyl (C=O) groups is 1. The first-order valence-electron chi connectivity index (χ1n) is 11.7. The highest BCUT2D eigenvalue weighted by Gasteiger charge is 2.17. The number of sulfonamides is 1. The van der Waals surface area contributed by atoms with Gasteiger partial charge in [-0.05, 0) is 61.0 Å². The number of nitrogens with zero attached hydrogens (tertiary/aromatic N) is 2. The maximum absolute atomic E-state index is 12.8. The van der Waals surface area contributed by atoms with E-state index in [1.807, 2.05) is 25.1 Å². The standard InChI is InChI=1S/C27H32N4O3S/c1-21-6-3-10-25(16-21)29-35(33,34)26-11-5-9-24(18-26)27(32)28-19-22-7-4-8-23(17-22)20-31-14-12-30(2)13-15-31/h3-11,16-18,29H,12-15,19-20H2,1-2H3,(H,28,32). The number of anilines is 1. The van der Waals surface area contributed by atoms with Gasteiger partial charge in [-0.1, -0.05) is 42.5 Å². The number of hydrogen-bond donors (Lipinski definition) is 2. The summed E-state index contributed by atoms with van der Waals surface area (Å²) in [6, 6.07) is 21.4. The molecule has 3 aromatic carbocycles. The van der Waals surface area contributed by atoms with Crippen LogP contribution in [0, 0.1) is 6.92 Å². The second-order valence-electron chi connectivity index (χ2n) is 9.08. The predicted octanol–water partition coefficient (Wildman–Crippen LogP) is 3.47. The van der Waals surface area contributed by atoms with Crippen LogP contribution in [0.5, 0.6) is 0 Å². The molecule has 4 rings (SSSR count). The van der Waals surface area contributed by atoms with E-state index in [0.29, 0.717) is 17.8 Å². The molecular weight excluding hydrogens is 460 g/mol. The van der Waals surface area contributed by atoms with Gasteiger partial charge in [0.1, 0.15) is 0 Å². The van der Waals surface area contributed by atoms with Gasteiger partial charge < -0.3 is 10.2 Å². The number of amides is 1. The van der Waals surface area contributed by atoms with Gasteiger partial charge in [0.15, 0.2) is 0 Å². The molecule has 1 fully saturated rings. The molecule has 2 N–H and O–H groups in total. The molecule has 0 saturated carbocycles. The molecule has 0 aliphatic carbocycles. The SMILES string of the molecule is Cc1cccc(NS(=O)(=O)c2cccc(C(=O)NCc3cccc(CN4CCN(C)CC4)c3)c2)c1. The van der Waals surface area contributed by atoms with Crippen LogP contribution < -0.4 is 10.0 Å². The average molecular weight is 493 g/mol. The molecule has 3 aromatic rings. The zero-order valence-electron chi connectivity index (χ0n) is 20.2. The molecular formula is C27H32N4O3S. The number of aryl methyl sites for hydroxylation is 1. The minimum atomic E-state index is -3.81. The fourth-order valence-electron chi connectivity index (χ4n) is 4.11. The zero-order chi connectivity index (χ0) is 24.8. The summed E-state index contributed by atoms with van der Waals surface area (Å²) in [6.45, 7) is 7.41. The molecule has 1 aliphatic heterocycles. The van der Waals surface area contributed by atoms with E-state index in [0.717, 1.165) is 43.9 Å². The number of carbonyl (C=O) groups excluding carboxylic acids is 1. The zero-order valence-corrected chi connectivity index (χ0v) is 21.0. The molecule has 0 radical (unpaired) electrons. The van der Waals surface area contributed by atoms with Crippen molar-refractivity contribution in [1.29, 1.82) is 0 Å². The third-order valence-corrected chi connectivity index (χ3v) is 7.50. The van der Waals surface area contributed by atoms with Crippen LogP contribution in [0.1, 0.15) is 27.0 Å². The van der Waals surface area contributed by atoms with Crippen molar-refractivity contribution >= 4 is 21.6 Å². The van der Waals surface area contributed by atoms with Gasteiger partial charge in [-0.3, -0.25) is 14.4 Å². The Morgan fingerprint density at radius 1 is 0.886 bits per heavy atom. The Kier molecular flexibility index (Phi) is 7.85. The van der Waals surface area contributed by atoms with Crippen molar-refractivity contribution in [3.63, 3.8) is 0 Å².